The SMILES string of the molecule is CCOc1cc2c(c(F)c1OCC)C(=N)N(CC(=O)c1coc(C(C)(C)C)c1)C2. The quantitative estimate of drug-likeness (QED) is 0.688. The van der Waals surface area contributed by atoms with E-state index >= 15 is 4.39 Å². The van der Waals surface area contributed by atoms with Gasteiger partial charge < -0.3 is 18.8 Å². The number of nitrogens with zero attached hydrogens (tertiary/aromatic N) is 1. The highest BCUT2D eigenvalue weighted by molar-refractivity contribution is 6.05. The number of carbonyl (C=O) groups excluding carboxylic acids is 1. The number of hydrogen-bond acceptors (Lipinski definition) is 5. The summed E-state index contributed by atoms with van der Waals surface area (Å²) >= 11 is 0. The molecule has 0 amide bonds. The van der Waals surface area contributed by atoms with Crippen molar-refractivity contribution >= 4 is 11.6 Å². The van der Waals surface area contributed by atoms with Crippen LogP contribution in [0.3, 0.4) is 0 Å². The summed E-state index contributed by atoms with van der Waals surface area (Å²) in [6.07, 6.45) is 1.44. The van der Waals surface area contributed by atoms with Gasteiger partial charge in [0.15, 0.2) is 23.1 Å². The molecular formula is C22H27FN2O4. The third-order valence-corrected chi connectivity index (χ3v) is 4.77. The van der Waals surface area contributed by atoms with Crippen molar-refractivity contribution in [2.75, 3.05) is 19.8 Å². The maximum absolute atomic E-state index is 15.1. The van der Waals surface area contributed by atoms with Crippen molar-refractivity contribution in [3.63, 3.8) is 0 Å². The number of rotatable bonds is 7. The molecule has 6 nitrogen and oxygen atoms in total. The number of fused-ring (bicyclic) bond motifs is 1. The van der Waals surface area contributed by atoms with Gasteiger partial charge in [0.2, 0.25) is 0 Å². The van der Waals surface area contributed by atoms with Gasteiger partial charge in [-0.3, -0.25) is 10.2 Å². The molecule has 0 aliphatic carbocycles. The molecule has 1 aromatic heterocycles. The summed E-state index contributed by atoms with van der Waals surface area (Å²) in [6, 6.07) is 3.43. The van der Waals surface area contributed by atoms with E-state index in [0.717, 1.165) is 5.76 Å². The zero-order valence-corrected chi connectivity index (χ0v) is 17.5. The fraction of sp³-hybridized carbons (Fsp3) is 0.455. The van der Waals surface area contributed by atoms with E-state index in [1.165, 1.54) is 6.26 Å². The first-order chi connectivity index (χ1) is 13.7. The topological polar surface area (TPSA) is 75.8 Å². The number of Topliss-reactive ketones (excluding diaryl/α,β-unsaturated/α-hetero) is 1. The lowest BCUT2D eigenvalue weighted by Crippen LogP contribution is -2.30. The largest absolute Gasteiger partial charge is 0.490 e. The number of amidine groups is 1. The van der Waals surface area contributed by atoms with Crippen LogP contribution in [0.1, 0.15) is 61.9 Å². The van der Waals surface area contributed by atoms with Gasteiger partial charge in [-0.05, 0) is 31.5 Å². The van der Waals surface area contributed by atoms with Crippen molar-refractivity contribution in [1.29, 1.82) is 5.41 Å². The van der Waals surface area contributed by atoms with E-state index in [1.807, 2.05) is 27.7 Å². The number of carbonyl (C=O) groups is 1. The van der Waals surface area contributed by atoms with Gasteiger partial charge in [-0.15, -0.1) is 0 Å². The van der Waals surface area contributed by atoms with Gasteiger partial charge in [-0.1, -0.05) is 20.8 Å². The van der Waals surface area contributed by atoms with Gasteiger partial charge in [0.1, 0.15) is 17.9 Å². The molecule has 2 heterocycles. The second kappa shape index (κ2) is 7.89. The van der Waals surface area contributed by atoms with Crippen LogP contribution in [0.5, 0.6) is 11.5 Å². The minimum Gasteiger partial charge on any atom is -0.490 e. The Morgan fingerprint density at radius 2 is 1.93 bits per heavy atom. The Kier molecular flexibility index (Phi) is 5.68. The molecule has 3 rings (SSSR count). The first-order valence-corrected chi connectivity index (χ1v) is 9.74. The molecule has 0 saturated carbocycles. The van der Waals surface area contributed by atoms with Crippen molar-refractivity contribution < 1.29 is 23.1 Å². The summed E-state index contributed by atoms with van der Waals surface area (Å²) in [4.78, 5) is 14.3. The highest BCUT2D eigenvalue weighted by Gasteiger charge is 2.33. The molecule has 0 spiro atoms. The van der Waals surface area contributed by atoms with E-state index in [0.29, 0.717) is 23.5 Å². The fourth-order valence-corrected chi connectivity index (χ4v) is 3.30. The van der Waals surface area contributed by atoms with Crippen molar-refractivity contribution in [1.82, 2.24) is 4.90 Å². The van der Waals surface area contributed by atoms with Gasteiger partial charge in [-0.25, -0.2) is 4.39 Å². The Bertz CT molecular complexity index is 943. The Hall–Kier alpha value is -2.83. The van der Waals surface area contributed by atoms with Crippen LogP contribution >= 0.6 is 0 Å². The molecular weight excluding hydrogens is 375 g/mol. The lowest BCUT2D eigenvalue weighted by molar-refractivity contribution is 0.0962. The van der Waals surface area contributed by atoms with E-state index in [-0.39, 0.29) is 48.0 Å². The van der Waals surface area contributed by atoms with E-state index in [9.17, 15) is 4.79 Å². The van der Waals surface area contributed by atoms with Crippen LogP contribution in [-0.4, -0.2) is 36.3 Å². The van der Waals surface area contributed by atoms with Crippen LogP contribution in [0.2, 0.25) is 0 Å². The first kappa shape index (κ1) is 20.9. The fourth-order valence-electron chi connectivity index (χ4n) is 3.30. The van der Waals surface area contributed by atoms with Gasteiger partial charge in [0.05, 0.1) is 30.9 Å². The maximum Gasteiger partial charge on any atom is 0.197 e. The van der Waals surface area contributed by atoms with E-state index in [2.05, 4.69) is 0 Å². The molecule has 0 atom stereocenters. The van der Waals surface area contributed by atoms with Crippen LogP contribution in [0.4, 0.5) is 4.39 Å². The molecule has 7 heteroatoms. The number of benzene rings is 1. The normalized spacial score (nSPS) is 13.6. The van der Waals surface area contributed by atoms with Crippen molar-refractivity contribution in [3.05, 3.63) is 46.7 Å². The standard InChI is InChI=1S/C22H27FN2O4/c1-6-27-16-8-13-10-25(21(24)18(13)19(23)20(16)28-7-2)11-15(26)14-9-17(29-12-14)22(3,4)5/h8-9,12,24H,6-7,10-11H2,1-5H3. The molecule has 1 aliphatic rings. The Morgan fingerprint density at radius 3 is 2.52 bits per heavy atom. The van der Waals surface area contributed by atoms with E-state index < -0.39 is 5.82 Å². The third kappa shape index (κ3) is 3.99. The van der Waals surface area contributed by atoms with Crippen LogP contribution < -0.4 is 9.47 Å². The lowest BCUT2D eigenvalue weighted by atomic mass is 9.93. The summed E-state index contributed by atoms with van der Waals surface area (Å²) in [6.45, 7) is 10.4. The van der Waals surface area contributed by atoms with Gasteiger partial charge >= 0.3 is 0 Å². The number of halogens is 1. The summed E-state index contributed by atoms with van der Waals surface area (Å²) in [5, 5.41) is 8.40. The Morgan fingerprint density at radius 1 is 1.24 bits per heavy atom. The molecule has 1 N–H and O–H groups in total. The molecule has 0 fully saturated rings. The number of ketones is 1. The number of ether oxygens (including phenoxy) is 2. The first-order valence-electron chi connectivity index (χ1n) is 9.74. The average molecular weight is 402 g/mol. The number of hydrogen-bond donors (Lipinski definition) is 1. The van der Waals surface area contributed by atoms with Gasteiger partial charge in [0.25, 0.3) is 0 Å². The molecule has 0 radical (unpaired) electrons. The zero-order valence-electron chi connectivity index (χ0n) is 17.5. The predicted octanol–water partition coefficient (Wildman–Crippen LogP) is 4.54. The van der Waals surface area contributed by atoms with E-state index in [4.69, 9.17) is 19.3 Å². The number of nitrogens with one attached hydrogen (secondary N) is 1. The molecule has 0 saturated heterocycles. The highest BCUT2D eigenvalue weighted by atomic mass is 19.1. The minimum atomic E-state index is -0.619. The van der Waals surface area contributed by atoms with Crippen LogP contribution in [0, 0.1) is 11.2 Å². The van der Waals surface area contributed by atoms with Gasteiger partial charge in [0, 0.05) is 12.0 Å². The van der Waals surface area contributed by atoms with E-state index in [1.54, 1.807) is 24.0 Å². The van der Waals surface area contributed by atoms with Crippen molar-refractivity contribution in [3.8, 4) is 11.5 Å². The predicted molar refractivity (Wildman–Crippen MR) is 108 cm³/mol. The third-order valence-electron chi connectivity index (χ3n) is 4.77. The smallest absolute Gasteiger partial charge is 0.197 e. The summed E-state index contributed by atoms with van der Waals surface area (Å²) in [5.41, 5.74) is 1.01. The monoisotopic (exact) mass is 402 g/mol. The average Bonchev–Trinajstić information content (AvgIpc) is 3.25. The Labute approximate surface area is 170 Å². The zero-order chi connectivity index (χ0) is 21.3. The molecule has 1 aliphatic heterocycles. The molecule has 156 valence electrons. The molecule has 29 heavy (non-hydrogen) atoms. The minimum absolute atomic E-state index is 0.00989. The molecule has 1 aromatic carbocycles. The van der Waals surface area contributed by atoms with Gasteiger partial charge in [-0.2, -0.15) is 0 Å². The lowest BCUT2D eigenvalue weighted by Gasteiger charge is -2.16. The molecule has 2 aromatic rings. The molecule has 0 bridgehead atoms. The second-order valence-corrected chi connectivity index (χ2v) is 8.00. The van der Waals surface area contributed by atoms with Crippen LogP contribution in [0.25, 0.3) is 0 Å². The second-order valence-electron chi connectivity index (χ2n) is 8.00. The molecule has 0 unspecified atom stereocenters. The maximum atomic E-state index is 15.1. The van der Waals surface area contributed by atoms with Crippen molar-refractivity contribution in [2.24, 2.45) is 0 Å². The summed E-state index contributed by atoms with van der Waals surface area (Å²) in [7, 11) is 0. The highest BCUT2D eigenvalue weighted by Crippen LogP contribution is 2.39. The number of furan rings is 1. The van der Waals surface area contributed by atoms with Crippen LogP contribution in [-0.2, 0) is 12.0 Å². The van der Waals surface area contributed by atoms with Crippen LogP contribution in [0.15, 0.2) is 22.8 Å². The summed E-state index contributed by atoms with van der Waals surface area (Å²) in [5.74, 6) is 0.207. The van der Waals surface area contributed by atoms with Crippen molar-refractivity contribution in [2.45, 2.75) is 46.6 Å². The Balaban J connectivity index is 1.84. The summed E-state index contributed by atoms with van der Waals surface area (Å²) < 4.78 is 31.5.